The number of aromatic nitrogens is 4. The molecule has 2 heterocycles. The van der Waals surface area contributed by atoms with Gasteiger partial charge in [-0.25, -0.2) is 9.07 Å². The molecule has 0 saturated heterocycles. The van der Waals surface area contributed by atoms with Gasteiger partial charge >= 0.3 is 0 Å². The van der Waals surface area contributed by atoms with Crippen LogP contribution in [0.4, 0.5) is 4.39 Å². The van der Waals surface area contributed by atoms with Gasteiger partial charge in [-0.05, 0) is 24.3 Å². The number of benzene rings is 1. The quantitative estimate of drug-likeness (QED) is 0.790. The van der Waals surface area contributed by atoms with Crippen LogP contribution in [0.1, 0.15) is 5.69 Å². The number of halogens is 1. The van der Waals surface area contributed by atoms with Crippen LogP contribution in [-0.4, -0.2) is 25.1 Å². The second-order valence-electron chi connectivity index (χ2n) is 4.15. The van der Waals surface area contributed by atoms with Crippen LogP contribution in [0.15, 0.2) is 48.8 Å². The highest BCUT2D eigenvalue weighted by Gasteiger charge is 2.17. The molecule has 0 fully saturated rings. The van der Waals surface area contributed by atoms with Gasteiger partial charge in [-0.15, -0.1) is 5.10 Å². The minimum Gasteiger partial charge on any atom is -0.390 e. The van der Waals surface area contributed by atoms with E-state index >= 15 is 0 Å². The lowest BCUT2D eigenvalue weighted by Crippen LogP contribution is -2.02. The highest BCUT2D eigenvalue weighted by Crippen LogP contribution is 2.25. The van der Waals surface area contributed by atoms with Crippen molar-refractivity contribution in [2.45, 2.75) is 6.61 Å². The summed E-state index contributed by atoms with van der Waals surface area (Å²) < 4.78 is 15.3. The maximum Gasteiger partial charge on any atom is 0.148 e. The zero-order valence-electron chi connectivity index (χ0n) is 10.4. The van der Waals surface area contributed by atoms with Crippen molar-refractivity contribution < 1.29 is 9.50 Å². The summed E-state index contributed by atoms with van der Waals surface area (Å²) in [6, 6.07) is 9.84. The summed E-state index contributed by atoms with van der Waals surface area (Å²) in [5, 5.41) is 17.2. The molecule has 100 valence electrons. The lowest BCUT2D eigenvalue weighted by atomic mass is 10.1. The maximum absolute atomic E-state index is 13.9. The van der Waals surface area contributed by atoms with Crippen LogP contribution in [-0.2, 0) is 6.61 Å². The van der Waals surface area contributed by atoms with Crippen LogP contribution in [0, 0.1) is 5.82 Å². The molecule has 0 unspecified atom stereocenters. The van der Waals surface area contributed by atoms with Gasteiger partial charge in [-0.3, -0.25) is 4.98 Å². The summed E-state index contributed by atoms with van der Waals surface area (Å²) in [5.41, 5.74) is 1.90. The Labute approximate surface area is 114 Å². The fourth-order valence-electron chi connectivity index (χ4n) is 2.00. The van der Waals surface area contributed by atoms with Gasteiger partial charge in [0.1, 0.15) is 22.9 Å². The third-order valence-electron chi connectivity index (χ3n) is 2.91. The fraction of sp³-hybridized carbons (Fsp3) is 0.0714. The summed E-state index contributed by atoms with van der Waals surface area (Å²) in [5.74, 6) is -0.410. The van der Waals surface area contributed by atoms with Gasteiger partial charge < -0.3 is 5.11 Å². The van der Waals surface area contributed by atoms with Gasteiger partial charge in [0, 0.05) is 18.0 Å². The van der Waals surface area contributed by atoms with Gasteiger partial charge in [-0.1, -0.05) is 17.3 Å². The normalized spacial score (nSPS) is 10.7. The summed E-state index contributed by atoms with van der Waals surface area (Å²) in [7, 11) is 0. The van der Waals surface area contributed by atoms with E-state index in [0.717, 1.165) is 0 Å². The van der Waals surface area contributed by atoms with Crippen molar-refractivity contribution in [3.63, 3.8) is 0 Å². The smallest absolute Gasteiger partial charge is 0.148 e. The second-order valence-corrected chi connectivity index (χ2v) is 4.15. The molecule has 3 aromatic rings. The molecule has 1 N–H and O–H groups in total. The average molecular weight is 270 g/mol. The molecule has 0 bridgehead atoms. The predicted octanol–water partition coefficient (Wildman–Crippen LogP) is 1.96. The molecule has 0 aliphatic heterocycles. The first kappa shape index (κ1) is 12.4. The third kappa shape index (κ3) is 2.06. The minimum atomic E-state index is -0.410. The van der Waals surface area contributed by atoms with Crippen molar-refractivity contribution in [3.8, 4) is 16.9 Å². The van der Waals surface area contributed by atoms with Crippen molar-refractivity contribution in [1.82, 2.24) is 20.0 Å². The third-order valence-corrected chi connectivity index (χ3v) is 2.91. The van der Waals surface area contributed by atoms with E-state index in [9.17, 15) is 9.50 Å². The predicted molar refractivity (Wildman–Crippen MR) is 70.5 cm³/mol. The first-order valence-corrected chi connectivity index (χ1v) is 6.02. The second kappa shape index (κ2) is 5.18. The number of aliphatic hydroxyl groups is 1. The Morgan fingerprint density at radius 3 is 2.70 bits per heavy atom. The molecule has 0 amide bonds. The molecule has 0 atom stereocenters. The van der Waals surface area contributed by atoms with Crippen LogP contribution in [0.3, 0.4) is 0 Å². The molecule has 0 aliphatic rings. The van der Waals surface area contributed by atoms with E-state index in [4.69, 9.17) is 0 Å². The average Bonchev–Trinajstić information content (AvgIpc) is 2.92. The Balaban J connectivity index is 2.24. The maximum atomic E-state index is 13.9. The van der Waals surface area contributed by atoms with Gasteiger partial charge in [0.05, 0.1) is 6.61 Å². The number of pyridine rings is 1. The van der Waals surface area contributed by atoms with E-state index < -0.39 is 5.82 Å². The zero-order chi connectivity index (χ0) is 13.9. The number of hydrogen-bond donors (Lipinski definition) is 1. The van der Waals surface area contributed by atoms with Crippen LogP contribution in [0.5, 0.6) is 0 Å². The number of rotatable bonds is 3. The van der Waals surface area contributed by atoms with E-state index in [0.29, 0.717) is 17.0 Å². The highest BCUT2D eigenvalue weighted by molar-refractivity contribution is 5.63. The first-order chi connectivity index (χ1) is 9.81. The van der Waals surface area contributed by atoms with Crippen molar-refractivity contribution >= 4 is 0 Å². The molecule has 5 nitrogen and oxygen atoms in total. The molecule has 6 heteroatoms. The van der Waals surface area contributed by atoms with E-state index in [1.807, 2.05) is 6.07 Å². The molecule has 20 heavy (non-hydrogen) atoms. The molecule has 0 aliphatic carbocycles. The van der Waals surface area contributed by atoms with Crippen LogP contribution in [0.25, 0.3) is 16.9 Å². The number of nitrogens with zero attached hydrogens (tertiary/aromatic N) is 4. The topological polar surface area (TPSA) is 63.8 Å². The standard InChI is InChI=1S/C14H11FN4O/c15-11-5-1-2-6-13(11)19-14(12(9-20)17-18-19)10-4-3-7-16-8-10/h1-8,20H,9H2. The van der Waals surface area contributed by atoms with Crippen LogP contribution >= 0.6 is 0 Å². The Morgan fingerprint density at radius 2 is 2.00 bits per heavy atom. The van der Waals surface area contributed by atoms with Crippen LogP contribution in [0.2, 0.25) is 0 Å². The first-order valence-electron chi connectivity index (χ1n) is 6.02. The molecule has 2 aromatic heterocycles. The Hall–Kier alpha value is -2.60. The van der Waals surface area contributed by atoms with Gasteiger partial charge in [0.15, 0.2) is 0 Å². The van der Waals surface area contributed by atoms with Gasteiger partial charge in [0.2, 0.25) is 0 Å². The summed E-state index contributed by atoms with van der Waals surface area (Å²) >= 11 is 0. The van der Waals surface area contributed by atoms with E-state index in [1.165, 1.54) is 10.7 Å². The Kier molecular flexibility index (Phi) is 3.22. The highest BCUT2D eigenvalue weighted by atomic mass is 19.1. The zero-order valence-corrected chi connectivity index (χ0v) is 10.4. The van der Waals surface area contributed by atoms with E-state index in [-0.39, 0.29) is 12.3 Å². The molecule has 0 radical (unpaired) electrons. The number of para-hydroxylation sites is 1. The minimum absolute atomic E-state index is 0.276. The number of hydrogen-bond acceptors (Lipinski definition) is 4. The van der Waals surface area contributed by atoms with E-state index in [1.54, 1.807) is 36.7 Å². The van der Waals surface area contributed by atoms with Crippen LogP contribution < -0.4 is 0 Å². The molecule has 1 aromatic carbocycles. The Bertz CT molecular complexity index is 727. The lowest BCUT2D eigenvalue weighted by Gasteiger charge is -2.08. The largest absolute Gasteiger partial charge is 0.390 e. The molecule has 0 spiro atoms. The number of aliphatic hydroxyl groups excluding tert-OH is 1. The summed E-state index contributed by atoms with van der Waals surface area (Å²) in [4.78, 5) is 4.03. The summed E-state index contributed by atoms with van der Waals surface area (Å²) in [6.07, 6.45) is 3.26. The lowest BCUT2D eigenvalue weighted by molar-refractivity contribution is 0.277. The SMILES string of the molecule is OCc1nnn(-c2ccccc2F)c1-c1cccnc1. The molecular weight excluding hydrogens is 259 g/mol. The van der Waals surface area contributed by atoms with Crippen molar-refractivity contribution in [1.29, 1.82) is 0 Å². The molecule has 3 rings (SSSR count). The Morgan fingerprint density at radius 1 is 1.15 bits per heavy atom. The molecule has 0 saturated carbocycles. The van der Waals surface area contributed by atoms with Crippen molar-refractivity contribution in [2.24, 2.45) is 0 Å². The van der Waals surface area contributed by atoms with E-state index in [2.05, 4.69) is 15.3 Å². The van der Waals surface area contributed by atoms with Crippen molar-refractivity contribution in [3.05, 3.63) is 60.3 Å². The van der Waals surface area contributed by atoms with Crippen molar-refractivity contribution in [2.75, 3.05) is 0 Å². The monoisotopic (exact) mass is 270 g/mol. The van der Waals surface area contributed by atoms with Gasteiger partial charge in [0.25, 0.3) is 0 Å². The fourth-order valence-corrected chi connectivity index (χ4v) is 2.00. The molecular formula is C14H11FN4O. The van der Waals surface area contributed by atoms with Gasteiger partial charge in [-0.2, -0.15) is 0 Å². The summed E-state index contributed by atoms with van der Waals surface area (Å²) in [6.45, 7) is -0.279.